The van der Waals surface area contributed by atoms with Gasteiger partial charge in [0.05, 0.1) is 10.6 Å². The molecule has 0 atom stereocenters. The standard InChI is InChI=1S/C18H19ClN6/c1-12-22-16(14-2-3-14)9-17(23-12)24-4-6-25(7-5-24)18-15(19)8-13(10-20)11-21-18/h8-9,11,14H,2-7H2,1H3. The Morgan fingerprint density at radius 1 is 1.12 bits per heavy atom. The van der Waals surface area contributed by atoms with E-state index in [1.165, 1.54) is 18.5 Å². The van der Waals surface area contributed by atoms with E-state index in [9.17, 15) is 0 Å². The summed E-state index contributed by atoms with van der Waals surface area (Å²) in [5.74, 6) is 3.24. The number of piperazine rings is 1. The zero-order chi connectivity index (χ0) is 17.4. The normalized spacial score (nSPS) is 17.5. The van der Waals surface area contributed by atoms with Gasteiger partial charge in [0.2, 0.25) is 0 Å². The van der Waals surface area contributed by atoms with Crippen LogP contribution in [0.5, 0.6) is 0 Å². The number of hydrogen-bond acceptors (Lipinski definition) is 6. The lowest BCUT2D eigenvalue weighted by molar-refractivity contribution is 0.639. The minimum Gasteiger partial charge on any atom is -0.353 e. The van der Waals surface area contributed by atoms with Gasteiger partial charge in [-0.25, -0.2) is 15.0 Å². The minimum absolute atomic E-state index is 0.483. The molecule has 0 unspecified atom stereocenters. The summed E-state index contributed by atoms with van der Waals surface area (Å²) in [4.78, 5) is 18.0. The third kappa shape index (κ3) is 3.38. The highest BCUT2D eigenvalue weighted by atomic mass is 35.5. The number of halogens is 1. The van der Waals surface area contributed by atoms with Gasteiger partial charge in [0, 0.05) is 50.1 Å². The molecule has 1 saturated heterocycles. The summed E-state index contributed by atoms with van der Waals surface area (Å²) >= 11 is 6.29. The van der Waals surface area contributed by atoms with Crippen LogP contribution in [0.3, 0.4) is 0 Å². The molecular weight excluding hydrogens is 336 g/mol. The molecule has 2 fully saturated rings. The summed E-state index contributed by atoms with van der Waals surface area (Å²) in [5.41, 5.74) is 1.66. The van der Waals surface area contributed by atoms with Crippen molar-refractivity contribution in [1.82, 2.24) is 15.0 Å². The maximum absolute atomic E-state index is 8.93. The molecule has 2 aromatic rings. The number of hydrogen-bond donors (Lipinski definition) is 0. The highest BCUT2D eigenvalue weighted by molar-refractivity contribution is 6.33. The Morgan fingerprint density at radius 2 is 1.84 bits per heavy atom. The van der Waals surface area contributed by atoms with Crippen LogP contribution in [-0.4, -0.2) is 41.1 Å². The summed E-state index contributed by atoms with van der Waals surface area (Å²) < 4.78 is 0. The predicted molar refractivity (Wildman–Crippen MR) is 97.1 cm³/mol. The maximum atomic E-state index is 8.93. The Kier molecular flexibility index (Phi) is 4.18. The van der Waals surface area contributed by atoms with Crippen molar-refractivity contribution in [3.63, 3.8) is 0 Å². The molecule has 0 N–H and O–H groups in total. The van der Waals surface area contributed by atoms with Crippen LogP contribution in [0, 0.1) is 18.3 Å². The fourth-order valence-corrected chi connectivity index (χ4v) is 3.48. The molecule has 4 rings (SSSR count). The lowest BCUT2D eigenvalue weighted by Gasteiger charge is -2.36. The molecule has 2 aromatic heterocycles. The molecule has 0 bridgehead atoms. The highest BCUT2D eigenvalue weighted by Crippen LogP contribution is 2.39. The molecule has 0 spiro atoms. The average Bonchev–Trinajstić information content (AvgIpc) is 3.46. The molecule has 2 aliphatic rings. The summed E-state index contributed by atoms with van der Waals surface area (Å²) in [6.45, 7) is 5.32. The number of anilines is 2. The number of aryl methyl sites for hydroxylation is 1. The zero-order valence-corrected chi connectivity index (χ0v) is 14.9. The summed E-state index contributed by atoms with van der Waals surface area (Å²) in [6, 6.07) is 5.88. The van der Waals surface area contributed by atoms with Crippen LogP contribution in [0.1, 0.15) is 35.8 Å². The van der Waals surface area contributed by atoms with E-state index >= 15 is 0 Å². The number of nitriles is 1. The van der Waals surface area contributed by atoms with Gasteiger partial charge in [-0.05, 0) is 25.8 Å². The van der Waals surface area contributed by atoms with E-state index < -0.39 is 0 Å². The van der Waals surface area contributed by atoms with Gasteiger partial charge in [-0.3, -0.25) is 0 Å². The van der Waals surface area contributed by atoms with Gasteiger partial charge in [0.15, 0.2) is 0 Å². The van der Waals surface area contributed by atoms with Crippen molar-refractivity contribution < 1.29 is 0 Å². The second kappa shape index (κ2) is 6.49. The minimum atomic E-state index is 0.483. The lowest BCUT2D eigenvalue weighted by Crippen LogP contribution is -2.47. The number of aromatic nitrogens is 3. The van der Waals surface area contributed by atoms with Gasteiger partial charge in [-0.2, -0.15) is 5.26 Å². The van der Waals surface area contributed by atoms with E-state index in [4.69, 9.17) is 16.9 Å². The van der Waals surface area contributed by atoms with E-state index in [1.807, 2.05) is 6.92 Å². The second-order valence-electron chi connectivity index (χ2n) is 6.59. The highest BCUT2D eigenvalue weighted by Gasteiger charge is 2.27. The first-order chi connectivity index (χ1) is 12.1. The van der Waals surface area contributed by atoms with Crippen LogP contribution >= 0.6 is 11.6 Å². The number of nitrogens with zero attached hydrogens (tertiary/aromatic N) is 6. The molecule has 25 heavy (non-hydrogen) atoms. The van der Waals surface area contributed by atoms with Crippen LogP contribution in [0.25, 0.3) is 0 Å². The molecule has 1 aliphatic carbocycles. The van der Waals surface area contributed by atoms with Gasteiger partial charge in [0.1, 0.15) is 23.5 Å². The first-order valence-electron chi connectivity index (χ1n) is 8.55. The Labute approximate surface area is 152 Å². The third-order valence-electron chi connectivity index (χ3n) is 4.69. The van der Waals surface area contributed by atoms with Crippen molar-refractivity contribution >= 4 is 23.2 Å². The Morgan fingerprint density at radius 3 is 2.48 bits per heavy atom. The molecule has 1 saturated carbocycles. The lowest BCUT2D eigenvalue weighted by atomic mass is 10.2. The smallest absolute Gasteiger partial charge is 0.147 e. The maximum Gasteiger partial charge on any atom is 0.147 e. The van der Waals surface area contributed by atoms with Crippen LogP contribution in [0.2, 0.25) is 5.02 Å². The van der Waals surface area contributed by atoms with Crippen molar-refractivity contribution in [2.24, 2.45) is 0 Å². The number of pyridine rings is 1. The van der Waals surface area contributed by atoms with E-state index in [0.717, 1.165) is 43.6 Å². The molecule has 0 amide bonds. The van der Waals surface area contributed by atoms with Crippen LogP contribution in [-0.2, 0) is 0 Å². The second-order valence-corrected chi connectivity index (χ2v) is 7.00. The summed E-state index contributed by atoms with van der Waals surface area (Å²) in [7, 11) is 0. The van der Waals surface area contributed by atoms with Crippen LogP contribution in [0.15, 0.2) is 18.3 Å². The third-order valence-corrected chi connectivity index (χ3v) is 4.97. The molecule has 0 radical (unpaired) electrons. The van der Waals surface area contributed by atoms with E-state index in [-0.39, 0.29) is 0 Å². The summed E-state index contributed by atoms with van der Waals surface area (Å²) in [6.07, 6.45) is 4.06. The fraction of sp³-hybridized carbons (Fsp3) is 0.444. The van der Waals surface area contributed by atoms with E-state index in [1.54, 1.807) is 12.3 Å². The molecule has 1 aliphatic heterocycles. The van der Waals surface area contributed by atoms with Crippen molar-refractivity contribution in [2.45, 2.75) is 25.7 Å². The zero-order valence-electron chi connectivity index (χ0n) is 14.1. The Hall–Kier alpha value is -2.39. The van der Waals surface area contributed by atoms with Crippen LogP contribution in [0.4, 0.5) is 11.6 Å². The number of rotatable bonds is 3. The van der Waals surface area contributed by atoms with Gasteiger partial charge in [0.25, 0.3) is 0 Å². The molecule has 6 nitrogen and oxygen atoms in total. The van der Waals surface area contributed by atoms with Gasteiger partial charge < -0.3 is 9.80 Å². The molecule has 128 valence electrons. The quantitative estimate of drug-likeness (QED) is 0.844. The first kappa shape index (κ1) is 16.1. The van der Waals surface area contributed by atoms with E-state index in [0.29, 0.717) is 16.5 Å². The Bertz CT molecular complexity index is 834. The van der Waals surface area contributed by atoms with Crippen molar-refractivity contribution in [1.29, 1.82) is 5.26 Å². The molecule has 3 heterocycles. The SMILES string of the molecule is Cc1nc(C2CC2)cc(N2CCN(c3ncc(C#N)cc3Cl)CC2)n1. The predicted octanol–water partition coefficient (Wildman–Crippen LogP) is 2.91. The fourth-order valence-electron chi connectivity index (χ4n) is 3.20. The molecular formula is C18H19ClN6. The van der Waals surface area contributed by atoms with Gasteiger partial charge in [-0.15, -0.1) is 0 Å². The topological polar surface area (TPSA) is 68.9 Å². The first-order valence-corrected chi connectivity index (χ1v) is 8.93. The largest absolute Gasteiger partial charge is 0.353 e. The van der Waals surface area contributed by atoms with Crippen molar-refractivity contribution in [3.05, 3.63) is 40.4 Å². The van der Waals surface area contributed by atoms with E-state index in [2.05, 4.69) is 36.9 Å². The average molecular weight is 355 g/mol. The molecule has 0 aromatic carbocycles. The van der Waals surface area contributed by atoms with Gasteiger partial charge in [-0.1, -0.05) is 11.6 Å². The summed E-state index contributed by atoms with van der Waals surface area (Å²) in [5, 5.41) is 9.46. The Balaban J connectivity index is 1.47. The molecule has 7 heteroatoms. The van der Waals surface area contributed by atoms with Crippen molar-refractivity contribution in [2.75, 3.05) is 36.0 Å². The van der Waals surface area contributed by atoms with Crippen LogP contribution < -0.4 is 9.80 Å². The monoisotopic (exact) mass is 354 g/mol. The van der Waals surface area contributed by atoms with Crippen molar-refractivity contribution in [3.8, 4) is 6.07 Å². The van der Waals surface area contributed by atoms with Gasteiger partial charge >= 0.3 is 0 Å².